The summed E-state index contributed by atoms with van der Waals surface area (Å²) in [5.41, 5.74) is 0. The molecule has 1 rings (SSSR count). The van der Waals surface area contributed by atoms with Crippen LogP contribution in [-0.4, -0.2) is 30.3 Å². The molecule has 1 aliphatic rings. The monoisotopic (exact) mass is 239 g/mol. The minimum absolute atomic E-state index is 0.287. The minimum Gasteiger partial charge on any atom is -0.303 e. The van der Waals surface area contributed by atoms with Gasteiger partial charge in [0, 0.05) is 24.9 Å². The van der Waals surface area contributed by atoms with Crippen molar-refractivity contribution in [3.8, 4) is 0 Å². The molecule has 0 bridgehead atoms. The van der Waals surface area contributed by atoms with E-state index in [1.165, 1.54) is 0 Å². The van der Waals surface area contributed by atoms with Crippen LogP contribution in [0.15, 0.2) is 0 Å². The van der Waals surface area contributed by atoms with Crippen LogP contribution in [0.5, 0.6) is 0 Å². The SMILES string of the molecule is CCC(C)N(C)CC1CC(C(C)C)CCC1=O. The number of ketones is 1. The molecule has 0 radical (unpaired) electrons. The summed E-state index contributed by atoms with van der Waals surface area (Å²) in [5.74, 6) is 2.26. The number of rotatable bonds is 5. The molecule has 2 heteroatoms. The lowest BCUT2D eigenvalue weighted by atomic mass is 9.75. The van der Waals surface area contributed by atoms with E-state index >= 15 is 0 Å². The molecule has 17 heavy (non-hydrogen) atoms. The van der Waals surface area contributed by atoms with Crippen LogP contribution >= 0.6 is 0 Å². The maximum absolute atomic E-state index is 12.0. The van der Waals surface area contributed by atoms with Gasteiger partial charge in [-0.25, -0.2) is 0 Å². The van der Waals surface area contributed by atoms with E-state index in [1.807, 2.05) is 0 Å². The summed E-state index contributed by atoms with van der Waals surface area (Å²) in [6.45, 7) is 9.98. The van der Waals surface area contributed by atoms with Crippen LogP contribution in [0, 0.1) is 17.8 Å². The summed E-state index contributed by atoms with van der Waals surface area (Å²) < 4.78 is 0. The quantitative estimate of drug-likeness (QED) is 0.733. The number of carbonyl (C=O) groups excluding carboxylic acids is 1. The highest BCUT2D eigenvalue weighted by atomic mass is 16.1. The first kappa shape index (κ1) is 14.7. The fraction of sp³-hybridized carbons (Fsp3) is 0.933. The van der Waals surface area contributed by atoms with Crippen LogP contribution in [0.4, 0.5) is 0 Å². The Morgan fingerprint density at radius 1 is 1.35 bits per heavy atom. The normalized spacial score (nSPS) is 27.8. The molecule has 0 aromatic carbocycles. The Morgan fingerprint density at radius 2 is 2.00 bits per heavy atom. The van der Waals surface area contributed by atoms with Crippen LogP contribution in [0.3, 0.4) is 0 Å². The second-order valence-electron chi connectivity index (χ2n) is 6.14. The van der Waals surface area contributed by atoms with Gasteiger partial charge in [-0.2, -0.15) is 0 Å². The molecule has 0 amide bonds. The Labute approximate surface area is 107 Å². The largest absolute Gasteiger partial charge is 0.303 e. The van der Waals surface area contributed by atoms with E-state index < -0.39 is 0 Å². The minimum atomic E-state index is 0.287. The van der Waals surface area contributed by atoms with Crippen molar-refractivity contribution in [2.45, 2.75) is 59.4 Å². The maximum Gasteiger partial charge on any atom is 0.137 e. The summed E-state index contributed by atoms with van der Waals surface area (Å²) in [6, 6.07) is 0.585. The van der Waals surface area contributed by atoms with Gasteiger partial charge in [0.05, 0.1) is 0 Å². The standard InChI is InChI=1S/C15H29NO/c1-6-12(4)16(5)10-14-9-13(11(2)3)7-8-15(14)17/h11-14H,6-10H2,1-5H3. The first-order chi connectivity index (χ1) is 7.95. The van der Waals surface area contributed by atoms with Crippen molar-refractivity contribution >= 4 is 5.78 Å². The van der Waals surface area contributed by atoms with Crippen molar-refractivity contribution in [3.05, 3.63) is 0 Å². The first-order valence-corrected chi connectivity index (χ1v) is 7.18. The Morgan fingerprint density at radius 3 is 2.53 bits per heavy atom. The molecule has 0 spiro atoms. The third-order valence-corrected chi connectivity index (χ3v) is 4.60. The fourth-order valence-electron chi connectivity index (χ4n) is 2.77. The van der Waals surface area contributed by atoms with Gasteiger partial charge in [0.25, 0.3) is 0 Å². The smallest absolute Gasteiger partial charge is 0.137 e. The van der Waals surface area contributed by atoms with Crippen molar-refractivity contribution < 1.29 is 4.79 Å². The summed E-state index contributed by atoms with van der Waals surface area (Å²) in [4.78, 5) is 14.3. The fourth-order valence-corrected chi connectivity index (χ4v) is 2.77. The Hall–Kier alpha value is -0.370. The molecule has 0 N–H and O–H groups in total. The Kier molecular flexibility index (Phi) is 5.64. The van der Waals surface area contributed by atoms with Gasteiger partial charge in [-0.3, -0.25) is 4.79 Å². The maximum atomic E-state index is 12.0. The van der Waals surface area contributed by atoms with Gasteiger partial charge in [0.1, 0.15) is 5.78 Å². The summed E-state index contributed by atoms with van der Waals surface area (Å²) in [6.07, 6.45) is 4.18. The number of carbonyl (C=O) groups is 1. The second-order valence-corrected chi connectivity index (χ2v) is 6.14. The highest BCUT2D eigenvalue weighted by molar-refractivity contribution is 5.82. The topological polar surface area (TPSA) is 20.3 Å². The molecule has 0 saturated heterocycles. The number of hydrogen-bond donors (Lipinski definition) is 0. The Balaban J connectivity index is 2.53. The van der Waals surface area contributed by atoms with Crippen molar-refractivity contribution in [2.24, 2.45) is 17.8 Å². The van der Waals surface area contributed by atoms with Crippen LogP contribution in [0.2, 0.25) is 0 Å². The molecule has 1 aliphatic carbocycles. The third kappa shape index (κ3) is 4.09. The van der Waals surface area contributed by atoms with E-state index in [4.69, 9.17) is 0 Å². The number of nitrogens with zero attached hydrogens (tertiary/aromatic N) is 1. The van der Waals surface area contributed by atoms with Gasteiger partial charge in [-0.15, -0.1) is 0 Å². The molecule has 2 nitrogen and oxygen atoms in total. The molecule has 1 fully saturated rings. The van der Waals surface area contributed by atoms with E-state index in [0.717, 1.165) is 44.1 Å². The van der Waals surface area contributed by atoms with Crippen LogP contribution in [0.25, 0.3) is 0 Å². The zero-order valence-electron chi connectivity index (χ0n) is 12.2. The number of hydrogen-bond acceptors (Lipinski definition) is 2. The van der Waals surface area contributed by atoms with Crippen molar-refractivity contribution in [1.82, 2.24) is 4.90 Å². The van der Waals surface area contributed by atoms with Gasteiger partial charge in [0.2, 0.25) is 0 Å². The van der Waals surface area contributed by atoms with E-state index in [2.05, 4.69) is 39.6 Å². The van der Waals surface area contributed by atoms with Crippen molar-refractivity contribution in [3.63, 3.8) is 0 Å². The van der Waals surface area contributed by atoms with Crippen molar-refractivity contribution in [1.29, 1.82) is 0 Å². The predicted octanol–water partition coefficient (Wildman–Crippen LogP) is 3.36. The van der Waals surface area contributed by atoms with Gasteiger partial charge in [-0.1, -0.05) is 20.8 Å². The average Bonchev–Trinajstić information content (AvgIpc) is 2.30. The van der Waals surface area contributed by atoms with Crippen LogP contribution in [0.1, 0.15) is 53.4 Å². The first-order valence-electron chi connectivity index (χ1n) is 7.18. The molecule has 3 atom stereocenters. The summed E-state index contributed by atoms with van der Waals surface area (Å²) in [7, 11) is 2.15. The average molecular weight is 239 g/mol. The highest BCUT2D eigenvalue weighted by Crippen LogP contribution is 2.32. The molecule has 0 heterocycles. The zero-order valence-corrected chi connectivity index (χ0v) is 12.2. The molecule has 0 aromatic rings. The van der Waals surface area contributed by atoms with Gasteiger partial charge in [0.15, 0.2) is 0 Å². The molecule has 3 unspecified atom stereocenters. The van der Waals surface area contributed by atoms with E-state index in [1.54, 1.807) is 0 Å². The van der Waals surface area contributed by atoms with Gasteiger partial charge in [-0.05, 0) is 45.1 Å². The third-order valence-electron chi connectivity index (χ3n) is 4.60. The molecule has 100 valence electrons. The molecule has 0 aliphatic heterocycles. The molecule has 0 aromatic heterocycles. The molecular formula is C15H29NO. The van der Waals surface area contributed by atoms with Crippen LogP contribution in [-0.2, 0) is 4.79 Å². The Bertz CT molecular complexity index is 249. The highest BCUT2D eigenvalue weighted by Gasteiger charge is 2.31. The lowest BCUT2D eigenvalue weighted by molar-refractivity contribution is -0.126. The van der Waals surface area contributed by atoms with Crippen LogP contribution < -0.4 is 0 Å². The predicted molar refractivity (Wildman–Crippen MR) is 73.1 cm³/mol. The van der Waals surface area contributed by atoms with Crippen molar-refractivity contribution in [2.75, 3.05) is 13.6 Å². The summed E-state index contributed by atoms with van der Waals surface area (Å²) >= 11 is 0. The lowest BCUT2D eigenvalue weighted by Gasteiger charge is -2.34. The molecular weight excluding hydrogens is 210 g/mol. The summed E-state index contributed by atoms with van der Waals surface area (Å²) in [5, 5.41) is 0. The van der Waals surface area contributed by atoms with Gasteiger partial charge < -0.3 is 4.90 Å². The van der Waals surface area contributed by atoms with Gasteiger partial charge >= 0.3 is 0 Å². The molecule has 1 saturated carbocycles. The van der Waals surface area contributed by atoms with E-state index in [0.29, 0.717) is 11.8 Å². The zero-order chi connectivity index (χ0) is 13.0. The number of Topliss-reactive ketones (excluding diaryl/α,β-unsaturated/α-hetero) is 1. The van der Waals surface area contributed by atoms with E-state index in [-0.39, 0.29) is 5.92 Å². The lowest BCUT2D eigenvalue weighted by Crippen LogP contribution is -2.39. The van der Waals surface area contributed by atoms with E-state index in [9.17, 15) is 4.79 Å². The second kappa shape index (κ2) is 6.53.